The van der Waals surface area contributed by atoms with Gasteiger partial charge in [0.15, 0.2) is 11.6 Å². The Kier molecular flexibility index (Phi) is 11.1. The summed E-state index contributed by atoms with van der Waals surface area (Å²) in [5, 5.41) is 40.3. The van der Waals surface area contributed by atoms with Crippen molar-refractivity contribution >= 4 is 62.3 Å². The van der Waals surface area contributed by atoms with Crippen LogP contribution in [0.5, 0.6) is 5.75 Å². The standard InChI is InChI=1S/C20H18N6O8S.2H3N/c21-13(20(30)31)4-6-17(27)22-10-1-5-14(16(7-10)34-9-18(28)29)23-24-19-12-3-2-11(26(32)33)8-15(12)25-35-19;;/h1-3,5,7-8,13H,4,6,9,21H2,(H,22,27)(H,28,29)(H,30,31);2*1H3. The zero-order chi connectivity index (χ0) is 25.5. The SMILES string of the molecule is N.N.NC(CCC(=O)Nc1ccc(N=Nc2snc3cc([N+](=O)[O-])ccc23)c(OCC(=O)O)c1)C(=O)O. The highest BCUT2D eigenvalue weighted by molar-refractivity contribution is 7.11. The number of fused-ring (bicyclic) bond motifs is 1. The Hall–Kier alpha value is -4.58. The van der Waals surface area contributed by atoms with Gasteiger partial charge in [-0.3, -0.25) is 19.7 Å². The number of aromatic nitrogens is 1. The number of nitrogens with two attached hydrogens (primary N) is 1. The number of nitrogens with zero attached hydrogens (tertiary/aromatic N) is 4. The number of rotatable bonds is 11. The minimum absolute atomic E-state index is 0. The number of nitrogens with one attached hydrogen (secondary N) is 1. The van der Waals surface area contributed by atoms with E-state index in [4.69, 9.17) is 20.7 Å². The third-order valence-electron chi connectivity index (χ3n) is 4.50. The summed E-state index contributed by atoms with van der Waals surface area (Å²) < 4.78 is 9.39. The molecule has 0 aliphatic heterocycles. The summed E-state index contributed by atoms with van der Waals surface area (Å²) in [6.07, 6.45) is -0.210. The Bertz CT molecular complexity index is 1330. The largest absolute Gasteiger partial charge is 0.480 e. The average Bonchev–Trinajstić information content (AvgIpc) is 3.22. The maximum Gasteiger partial charge on any atom is 0.341 e. The minimum Gasteiger partial charge on any atom is -0.480 e. The molecule has 0 fully saturated rings. The number of aliphatic carboxylic acids is 2. The fourth-order valence-electron chi connectivity index (χ4n) is 2.77. The molecule has 37 heavy (non-hydrogen) atoms. The van der Waals surface area contributed by atoms with Crippen LogP contribution in [0.3, 0.4) is 0 Å². The lowest BCUT2D eigenvalue weighted by Gasteiger charge is -2.11. The Morgan fingerprint density at radius 3 is 2.54 bits per heavy atom. The molecule has 3 aromatic rings. The fraction of sp³-hybridized carbons (Fsp3) is 0.200. The molecule has 2 aromatic carbocycles. The molecule has 1 atom stereocenters. The van der Waals surface area contributed by atoms with E-state index in [1.807, 2.05) is 0 Å². The maximum absolute atomic E-state index is 12.1. The first-order chi connectivity index (χ1) is 16.6. The van der Waals surface area contributed by atoms with Crippen molar-refractivity contribution in [3.63, 3.8) is 0 Å². The zero-order valence-electron chi connectivity index (χ0n) is 19.2. The highest BCUT2D eigenvalue weighted by atomic mass is 32.1. The van der Waals surface area contributed by atoms with Crippen LogP contribution < -0.4 is 28.1 Å². The zero-order valence-corrected chi connectivity index (χ0v) is 20.0. The minimum atomic E-state index is -1.24. The van der Waals surface area contributed by atoms with E-state index >= 15 is 0 Å². The van der Waals surface area contributed by atoms with Gasteiger partial charge in [0.2, 0.25) is 5.91 Å². The van der Waals surface area contributed by atoms with E-state index in [1.54, 1.807) is 0 Å². The highest BCUT2D eigenvalue weighted by Gasteiger charge is 2.15. The topological polar surface area (TPSA) is 290 Å². The fourth-order valence-corrected chi connectivity index (χ4v) is 3.45. The van der Waals surface area contributed by atoms with Crippen molar-refractivity contribution in [1.82, 2.24) is 16.7 Å². The Morgan fingerprint density at radius 1 is 1.16 bits per heavy atom. The van der Waals surface area contributed by atoms with Gasteiger partial charge in [-0.05, 0) is 36.2 Å². The Balaban J connectivity index is 0.00000342. The van der Waals surface area contributed by atoms with E-state index in [0.717, 1.165) is 11.5 Å². The number of hydrogen-bond acceptors (Lipinski definition) is 13. The second-order valence-electron chi connectivity index (χ2n) is 7.04. The van der Waals surface area contributed by atoms with Gasteiger partial charge in [0, 0.05) is 35.7 Å². The summed E-state index contributed by atoms with van der Waals surface area (Å²) in [6, 6.07) is 7.22. The molecule has 16 nitrogen and oxygen atoms in total. The van der Waals surface area contributed by atoms with Gasteiger partial charge in [0.05, 0.1) is 10.4 Å². The van der Waals surface area contributed by atoms with Gasteiger partial charge in [0.1, 0.15) is 17.5 Å². The van der Waals surface area contributed by atoms with Crippen LogP contribution in [0.25, 0.3) is 10.9 Å². The molecule has 0 bridgehead atoms. The second-order valence-corrected chi connectivity index (χ2v) is 7.79. The monoisotopic (exact) mass is 536 g/mol. The van der Waals surface area contributed by atoms with Gasteiger partial charge in [-0.1, -0.05) is 0 Å². The van der Waals surface area contributed by atoms with Gasteiger partial charge < -0.3 is 38.3 Å². The number of nitro benzene ring substituents is 1. The van der Waals surface area contributed by atoms with Crippen molar-refractivity contribution in [3.8, 4) is 5.75 Å². The number of carboxylic acid groups (broad SMARTS) is 2. The van der Waals surface area contributed by atoms with E-state index in [0.29, 0.717) is 15.9 Å². The molecule has 3 rings (SSSR count). The molecule has 198 valence electrons. The van der Waals surface area contributed by atoms with Crippen LogP contribution in [0.15, 0.2) is 46.6 Å². The average molecular weight is 537 g/mol. The van der Waals surface area contributed by atoms with Crippen LogP contribution in [0.2, 0.25) is 0 Å². The third-order valence-corrected chi connectivity index (χ3v) is 5.26. The van der Waals surface area contributed by atoms with Crippen LogP contribution in [0.4, 0.5) is 22.1 Å². The molecular formula is C20H24N8O8S. The van der Waals surface area contributed by atoms with Crippen LogP contribution >= 0.6 is 11.5 Å². The Morgan fingerprint density at radius 2 is 1.89 bits per heavy atom. The molecule has 1 heterocycles. The first-order valence-electron chi connectivity index (χ1n) is 9.86. The van der Waals surface area contributed by atoms with Gasteiger partial charge in [-0.15, -0.1) is 10.2 Å². The van der Waals surface area contributed by atoms with Crippen LogP contribution in [-0.2, 0) is 14.4 Å². The van der Waals surface area contributed by atoms with E-state index in [1.165, 1.54) is 36.4 Å². The van der Waals surface area contributed by atoms with Gasteiger partial charge in [0.25, 0.3) is 5.69 Å². The van der Waals surface area contributed by atoms with Gasteiger partial charge in [-0.25, -0.2) is 4.79 Å². The summed E-state index contributed by atoms with van der Waals surface area (Å²) in [5.74, 6) is -2.94. The molecule has 0 saturated carbocycles. The first kappa shape index (κ1) is 30.5. The number of nitro groups is 1. The number of carbonyl (C=O) groups excluding carboxylic acids is 1. The first-order valence-corrected chi connectivity index (χ1v) is 10.6. The van der Waals surface area contributed by atoms with Crippen molar-refractivity contribution in [3.05, 3.63) is 46.5 Å². The molecule has 0 saturated heterocycles. The third kappa shape index (κ3) is 8.25. The quantitative estimate of drug-likeness (QED) is 0.116. The van der Waals surface area contributed by atoms with E-state index in [2.05, 4.69) is 19.9 Å². The molecule has 1 unspecified atom stereocenters. The highest BCUT2D eigenvalue weighted by Crippen LogP contribution is 2.36. The molecule has 0 spiro atoms. The molecule has 0 aliphatic carbocycles. The molecule has 17 heteroatoms. The smallest absolute Gasteiger partial charge is 0.341 e. The number of carboxylic acids is 2. The van der Waals surface area contributed by atoms with Crippen LogP contribution in [0.1, 0.15) is 12.8 Å². The van der Waals surface area contributed by atoms with Crippen LogP contribution in [0, 0.1) is 10.1 Å². The summed E-state index contributed by atoms with van der Waals surface area (Å²) in [5.41, 5.74) is 6.06. The predicted molar refractivity (Wildman–Crippen MR) is 134 cm³/mol. The van der Waals surface area contributed by atoms with Crippen molar-refractivity contribution in [2.75, 3.05) is 11.9 Å². The van der Waals surface area contributed by atoms with Crippen molar-refractivity contribution in [1.29, 1.82) is 0 Å². The van der Waals surface area contributed by atoms with E-state index in [9.17, 15) is 24.5 Å². The number of azo groups is 1. The lowest BCUT2D eigenvalue weighted by atomic mass is 10.1. The van der Waals surface area contributed by atoms with Gasteiger partial charge >= 0.3 is 11.9 Å². The molecule has 1 aromatic heterocycles. The van der Waals surface area contributed by atoms with Crippen molar-refractivity contribution < 1.29 is 34.3 Å². The molecular weight excluding hydrogens is 512 g/mol. The number of carbonyl (C=O) groups is 3. The summed E-state index contributed by atoms with van der Waals surface area (Å²) in [4.78, 5) is 44.2. The molecule has 0 aliphatic rings. The molecule has 1 amide bonds. The number of amides is 1. The predicted octanol–water partition coefficient (Wildman–Crippen LogP) is 3.54. The van der Waals surface area contributed by atoms with E-state index in [-0.39, 0.29) is 48.0 Å². The maximum atomic E-state index is 12.1. The summed E-state index contributed by atoms with van der Waals surface area (Å²) in [7, 11) is 0. The number of benzene rings is 2. The normalized spacial score (nSPS) is 11.3. The van der Waals surface area contributed by atoms with Crippen molar-refractivity contribution in [2.45, 2.75) is 18.9 Å². The van der Waals surface area contributed by atoms with Crippen LogP contribution in [-0.4, -0.2) is 50.0 Å². The number of non-ortho nitro benzene ring substituents is 1. The number of anilines is 1. The summed E-state index contributed by atoms with van der Waals surface area (Å²) >= 11 is 0.971. The number of hydrogen-bond donors (Lipinski definition) is 6. The lowest BCUT2D eigenvalue weighted by Crippen LogP contribution is -2.31. The molecule has 0 radical (unpaired) electrons. The van der Waals surface area contributed by atoms with Gasteiger partial charge in [-0.2, -0.15) is 4.37 Å². The number of ether oxygens (including phenoxy) is 1. The van der Waals surface area contributed by atoms with E-state index < -0.39 is 35.4 Å². The lowest BCUT2D eigenvalue weighted by molar-refractivity contribution is -0.384. The molecule has 11 N–H and O–H groups in total. The summed E-state index contributed by atoms with van der Waals surface area (Å²) in [6.45, 7) is -0.680. The van der Waals surface area contributed by atoms with Crippen molar-refractivity contribution in [2.24, 2.45) is 16.0 Å². The Labute approximate surface area is 212 Å². The second kappa shape index (κ2) is 13.5.